The summed E-state index contributed by atoms with van der Waals surface area (Å²) in [6.45, 7) is 0. The molecule has 0 fully saturated rings. The number of benzene rings is 8. The highest BCUT2D eigenvalue weighted by Gasteiger charge is 2.23. The maximum absolute atomic E-state index is 5.44. The van der Waals surface area contributed by atoms with Crippen LogP contribution in [0.25, 0.3) is 103 Å². The Balaban J connectivity index is 1.32. The van der Waals surface area contributed by atoms with E-state index in [9.17, 15) is 0 Å². The van der Waals surface area contributed by atoms with Crippen LogP contribution >= 0.6 is 11.3 Å². The van der Waals surface area contributed by atoms with Crippen LogP contribution in [-0.4, -0.2) is 14.5 Å². The summed E-state index contributed by atoms with van der Waals surface area (Å²) in [7, 11) is 0. The lowest BCUT2D eigenvalue weighted by Gasteiger charge is -2.16. The van der Waals surface area contributed by atoms with Crippen molar-refractivity contribution in [3.63, 3.8) is 0 Å². The van der Waals surface area contributed by atoms with Gasteiger partial charge in [0.1, 0.15) is 5.69 Å². The van der Waals surface area contributed by atoms with Gasteiger partial charge < -0.3 is 0 Å². The number of hydrogen-bond acceptors (Lipinski definition) is 3. The van der Waals surface area contributed by atoms with Gasteiger partial charge in [0.05, 0.1) is 22.1 Å². The number of thiophene rings is 1. The molecule has 0 saturated carbocycles. The van der Waals surface area contributed by atoms with E-state index in [2.05, 4.69) is 156 Å². The van der Waals surface area contributed by atoms with Gasteiger partial charge in [-0.05, 0) is 51.9 Å². The third-order valence-corrected chi connectivity index (χ3v) is 11.3. The van der Waals surface area contributed by atoms with Gasteiger partial charge in [0.15, 0.2) is 5.82 Å². The molecule has 11 rings (SSSR count). The van der Waals surface area contributed by atoms with Gasteiger partial charge in [0.2, 0.25) is 0 Å². The smallest absolute Gasteiger partial charge is 0.165 e. The summed E-state index contributed by atoms with van der Waals surface area (Å²) in [5.41, 5.74) is 8.29. The van der Waals surface area contributed by atoms with E-state index in [1.54, 1.807) is 0 Å². The Morgan fingerprint density at radius 3 is 1.96 bits per heavy atom. The van der Waals surface area contributed by atoms with Crippen LogP contribution in [0.15, 0.2) is 164 Å². The molecule has 3 nitrogen and oxygen atoms in total. The van der Waals surface area contributed by atoms with E-state index in [4.69, 9.17) is 9.97 Å². The fourth-order valence-electron chi connectivity index (χ4n) is 7.91. The van der Waals surface area contributed by atoms with Crippen LogP contribution in [0, 0.1) is 0 Å². The van der Waals surface area contributed by atoms with Crippen molar-refractivity contribution in [3.05, 3.63) is 164 Å². The second-order valence-electron chi connectivity index (χ2n) is 12.9. The zero-order valence-corrected chi connectivity index (χ0v) is 27.7. The van der Waals surface area contributed by atoms with Crippen LogP contribution in [0.1, 0.15) is 0 Å². The number of aromatic nitrogens is 3. The van der Waals surface area contributed by atoms with Gasteiger partial charge in [-0.3, -0.25) is 4.57 Å². The van der Waals surface area contributed by atoms with E-state index >= 15 is 0 Å². The van der Waals surface area contributed by atoms with Crippen LogP contribution < -0.4 is 0 Å². The van der Waals surface area contributed by atoms with Crippen molar-refractivity contribution in [1.29, 1.82) is 0 Å². The van der Waals surface area contributed by atoms with Gasteiger partial charge in [-0.2, -0.15) is 0 Å². The predicted octanol–water partition coefficient (Wildman–Crippen LogP) is 12.7. The first-order valence-electron chi connectivity index (χ1n) is 16.9. The van der Waals surface area contributed by atoms with Crippen LogP contribution in [-0.2, 0) is 0 Å². The zero-order valence-electron chi connectivity index (χ0n) is 26.8. The third-order valence-electron chi connectivity index (χ3n) is 10.1. The number of rotatable bonds is 3. The second kappa shape index (κ2) is 10.6. The average Bonchev–Trinajstić information content (AvgIpc) is 3.73. The number of nitrogens with zero attached hydrogens (tertiary/aromatic N) is 3. The Hall–Kier alpha value is -6.36. The van der Waals surface area contributed by atoms with E-state index in [0.29, 0.717) is 0 Å². The molecule has 0 aliphatic heterocycles. The van der Waals surface area contributed by atoms with Gasteiger partial charge in [-0.25, -0.2) is 9.97 Å². The molecule has 0 N–H and O–H groups in total. The molecule has 232 valence electrons. The van der Waals surface area contributed by atoms with E-state index in [1.807, 2.05) is 23.5 Å². The minimum Gasteiger partial charge on any atom is -0.291 e. The van der Waals surface area contributed by atoms with Gasteiger partial charge in [-0.15, -0.1) is 11.3 Å². The van der Waals surface area contributed by atoms with Gasteiger partial charge in [0.25, 0.3) is 0 Å². The minimum atomic E-state index is 0.826. The standard InChI is InChI=1S/C46H27N3S/c1-2-13-29(14-3-1)43-46(48-39-23-9-8-22-38(39)47-43)49-40-27-31-16-5-4-15-30(31)26-37(40)34-19-10-18-33(44(34)49)35-20-11-21-36-42-32-17-7-6-12-28(32)24-25-41(42)50-45(35)36/h1-27H. The topological polar surface area (TPSA) is 30.7 Å². The molecule has 4 heteroatoms. The van der Waals surface area contributed by atoms with Crippen molar-refractivity contribution in [2.45, 2.75) is 0 Å². The molecule has 8 aromatic carbocycles. The Labute approximate surface area is 291 Å². The SMILES string of the molecule is c1ccc(-c2nc3ccccc3nc2-n2c3cc4ccccc4cc3c3cccc(-c4cccc5c4sc4ccc6ccccc6c45)c32)cc1. The molecule has 3 aromatic heterocycles. The quantitative estimate of drug-likeness (QED) is 0.190. The van der Waals surface area contributed by atoms with E-state index in [1.165, 1.54) is 63.6 Å². The van der Waals surface area contributed by atoms with Crippen LogP contribution in [0.3, 0.4) is 0 Å². The molecule has 0 atom stereocenters. The van der Waals surface area contributed by atoms with Crippen LogP contribution in [0.2, 0.25) is 0 Å². The van der Waals surface area contributed by atoms with Crippen molar-refractivity contribution >= 4 is 85.9 Å². The summed E-state index contributed by atoms with van der Waals surface area (Å²) < 4.78 is 4.98. The number of hydrogen-bond donors (Lipinski definition) is 0. The maximum Gasteiger partial charge on any atom is 0.165 e. The Bertz CT molecular complexity index is 3150. The molecule has 0 unspecified atom stereocenters. The average molecular weight is 654 g/mol. The lowest BCUT2D eigenvalue weighted by atomic mass is 9.98. The second-order valence-corrected chi connectivity index (χ2v) is 14.0. The highest BCUT2D eigenvalue weighted by atomic mass is 32.1. The lowest BCUT2D eigenvalue weighted by molar-refractivity contribution is 1.08. The van der Waals surface area contributed by atoms with Gasteiger partial charge in [-0.1, -0.05) is 133 Å². The van der Waals surface area contributed by atoms with Crippen LogP contribution in [0.5, 0.6) is 0 Å². The van der Waals surface area contributed by atoms with Crippen molar-refractivity contribution in [2.24, 2.45) is 0 Å². The maximum atomic E-state index is 5.44. The Kier molecular flexibility index (Phi) is 5.83. The molecular formula is C46H27N3S. The van der Waals surface area contributed by atoms with Gasteiger partial charge in [0, 0.05) is 47.6 Å². The Morgan fingerprint density at radius 2 is 1.12 bits per heavy atom. The summed E-state index contributed by atoms with van der Waals surface area (Å²) in [6, 6.07) is 58.8. The molecule has 0 bridgehead atoms. The summed E-state index contributed by atoms with van der Waals surface area (Å²) in [5.74, 6) is 0.826. The molecule has 0 aliphatic rings. The molecule has 50 heavy (non-hydrogen) atoms. The number of para-hydroxylation sites is 3. The monoisotopic (exact) mass is 653 g/mol. The van der Waals surface area contributed by atoms with Crippen molar-refractivity contribution < 1.29 is 0 Å². The van der Waals surface area contributed by atoms with Gasteiger partial charge >= 0.3 is 0 Å². The molecule has 0 saturated heterocycles. The first-order valence-corrected chi connectivity index (χ1v) is 17.7. The van der Waals surface area contributed by atoms with Crippen LogP contribution in [0.4, 0.5) is 0 Å². The molecule has 0 radical (unpaired) electrons. The van der Waals surface area contributed by atoms with E-state index in [-0.39, 0.29) is 0 Å². The first kappa shape index (κ1) is 27.6. The zero-order chi connectivity index (χ0) is 32.8. The largest absolute Gasteiger partial charge is 0.291 e. The fourth-order valence-corrected chi connectivity index (χ4v) is 9.15. The lowest BCUT2D eigenvalue weighted by Crippen LogP contribution is -2.04. The summed E-state index contributed by atoms with van der Waals surface area (Å²) in [5, 5.41) is 9.99. The number of fused-ring (bicyclic) bond motifs is 10. The van der Waals surface area contributed by atoms with Crippen molar-refractivity contribution in [2.75, 3.05) is 0 Å². The summed E-state index contributed by atoms with van der Waals surface area (Å²) in [6.07, 6.45) is 0. The van der Waals surface area contributed by atoms with E-state index in [0.717, 1.165) is 39.1 Å². The molecule has 3 heterocycles. The fraction of sp³-hybridized carbons (Fsp3) is 0. The third kappa shape index (κ3) is 3.97. The first-order chi connectivity index (χ1) is 24.8. The van der Waals surface area contributed by atoms with Crippen molar-refractivity contribution in [3.8, 4) is 28.2 Å². The highest BCUT2D eigenvalue weighted by molar-refractivity contribution is 7.26. The highest BCUT2D eigenvalue weighted by Crippen LogP contribution is 2.46. The van der Waals surface area contributed by atoms with E-state index < -0.39 is 0 Å². The predicted molar refractivity (Wildman–Crippen MR) is 213 cm³/mol. The normalized spacial score (nSPS) is 12.0. The summed E-state index contributed by atoms with van der Waals surface area (Å²) in [4.78, 5) is 10.7. The summed E-state index contributed by atoms with van der Waals surface area (Å²) >= 11 is 1.88. The molecule has 0 aliphatic carbocycles. The molecule has 0 amide bonds. The van der Waals surface area contributed by atoms with Crippen molar-refractivity contribution in [1.82, 2.24) is 14.5 Å². The molecular weight excluding hydrogens is 627 g/mol. The molecule has 11 aromatic rings. The Morgan fingerprint density at radius 1 is 0.460 bits per heavy atom. The minimum absolute atomic E-state index is 0.826. The molecule has 0 spiro atoms.